The third-order valence-corrected chi connectivity index (χ3v) is 4.65. The van der Waals surface area contributed by atoms with E-state index in [1.807, 2.05) is 4.90 Å². The molecule has 0 aromatic carbocycles. The number of hydrogen-bond donors (Lipinski definition) is 0. The van der Waals surface area contributed by atoms with Gasteiger partial charge in [-0.1, -0.05) is 11.6 Å². The lowest BCUT2D eigenvalue weighted by Crippen LogP contribution is -2.51. The summed E-state index contributed by atoms with van der Waals surface area (Å²) in [6.45, 7) is 5.78. The smallest absolute Gasteiger partial charge is 0.236 e. The van der Waals surface area contributed by atoms with Crippen LogP contribution in [0.3, 0.4) is 0 Å². The third-order valence-electron chi connectivity index (χ3n) is 4.39. The standard InChI is InChI=1S/C15H22ClN5O/c16-13-10-17-12-18-15(13)21-8-6-19(7-9-21)11-14(22)20-4-2-1-3-5-20/h10,12H,1-9,11H2. The van der Waals surface area contributed by atoms with Gasteiger partial charge in [0.2, 0.25) is 5.91 Å². The van der Waals surface area contributed by atoms with Crippen molar-refractivity contribution in [3.63, 3.8) is 0 Å². The molecule has 1 amide bonds. The summed E-state index contributed by atoms with van der Waals surface area (Å²) in [6, 6.07) is 0. The molecule has 2 fully saturated rings. The SMILES string of the molecule is O=C(CN1CCN(c2ncncc2Cl)CC1)N1CCCCC1. The molecule has 2 aliphatic rings. The first kappa shape index (κ1) is 15.5. The Morgan fingerprint density at radius 1 is 1.09 bits per heavy atom. The van der Waals surface area contributed by atoms with Gasteiger partial charge in [0.25, 0.3) is 0 Å². The number of amides is 1. The van der Waals surface area contributed by atoms with E-state index in [-0.39, 0.29) is 5.91 Å². The molecule has 0 saturated carbocycles. The second-order valence-corrected chi connectivity index (χ2v) is 6.31. The molecular formula is C15H22ClN5O. The van der Waals surface area contributed by atoms with E-state index in [9.17, 15) is 4.79 Å². The number of nitrogens with zero attached hydrogens (tertiary/aromatic N) is 5. The Hall–Kier alpha value is -1.40. The topological polar surface area (TPSA) is 52.6 Å². The van der Waals surface area contributed by atoms with Gasteiger partial charge in [0.05, 0.1) is 12.7 Å². The number of piperidine rings is 1. The summed E-state index contributed by atoms with van der Waals surface area (Å²) in [5.41, 5.74) is 0. The van der Waals surface area contributed by atoms with Gasteiger partial charge in [-0.15, -0.1) is 0 Å². The van der Waals surface area contributed by atoms with E-state index < -0.39 is 0 Å². The van der Waals surface area contributed by atoms with Gasteiger partial charge in [-0.2, -0.15) is 0 Å². The van der Waals surface area contributed by atoms with E-state index in [0.717, 1.165) is 57.9 Å². The average Bonchev–Trinajstić information content (AvgIpc) is 2.57. The second kappa shape index (κ2) is 7.24. The van der Waals surface area contributed by atoms with Crippen LogP contribution in [0.4, 0.5) is 5.82 Å². The molecule has 0 N–H and O–H groups in total. The number of hydrogen-bond acceptors (Lipinski definition) is 5. The number of piperazine rings is 1. The molecule has 1 aromatic rings. The lowest BCUT2D eigenvalue weighted by molar-refractivity contribution is -0.133. The molecule has 0 unspecified atom stereocenters. The number of rotatable bonds is 3. The zero-order valence-electron chi connectivity index (χ0n) is 12.7. The number of carbonyl (C=O) groups is 1. The van der Waals surface area contributed by atoms with Gasteiger partial charge < -0.3 is 9.80 Å². The Balaban J connectivity index is 1.49. The highest BCUT2D eigenvalue weighted by molar-refractivity contribution is 6.32. The number of halogens is 1. The predicted octanol–water partition coefficient (Wildman–Crippen LogP) is 1.26. The Labute approximate surface area is 136 Å². The summed E-state index contributed by atoms with van der Waals surface area (Å²) in [5.74, 6) is 1.06. The Morgan fingerprint density at radius 3 is 2.50 bits per heavy atom. The molecule has 120 valence electrons. The summed E-state index contributed by atoms with van der Waals surface area (Å²) >= 11 is 6.14. The highest BCUT2D eigenvalue weighted by atomic mass is 35.5. The first-order chi connectivity index (χ1) is 10.7. The van der Waals surface area contributed by atoms with Gasteiger partial charge >= 0.3 is 0 Å². The maximum Gasteiger partial charge on any atom is 0.236 e. The number of aromatic nitrogens is 2. The maximum absolute atomic E-state index is 12.3. The van der Waals surface area contributed by atoms with Crippen molar-refractivity contribution in [2.75, 3.05) is 50.7 Å². The van der Waals surface area contributed by atoms with Crippen molar-refractivity contribution in [2.24, 2.45) is 0 Å². The zero-order valence-corrected chi connectivity index (χ0v) is 13.5. The third kappa shape index (κ3) is 3.67. The number of anilines is 1. The van der Waals surface area contributed by atoms with Gasteiger partial charge in [-0.05, 0) is 19.3 Å². The van der Waals surface area contributed by atoms with Crippen LogP contribution >= 0.6 is 11.6 Å². The van der Waals surface area contributed by atoms with Crippen molar-refractivity contribution in [1.82, 2.24) is 19.8 Å². The van der Waals surface area contributed by atoms with E-state index in [1.165, 1.54) is 12.7 Å². The summed E-state index contributed by atoms with van der Waals surface area (Å²) in [7, 11) is 0. The highest BCUT2D eigenvalue weighted by Gasteiger charge is 2.24. The zero-order chi connectivity index (χ0) is 15.4. The van der Waals surface area contributed by atoms with Gasteiger partial charge in [-0.25, -0.2) is 9.97 Å². The fourth-order valence-corrected chi connectivity index (χ4v) is 3.32. The fourth-order valence-electron chi connectivity index (χ4n) is 3.09. The van der Waals surface area contributed by atoms with E-state index in [2.05, 4.69) is 19.8 Å². The molecule has 2 saturated heterocycles. The highest BCUT2D eigenvalue weighted by Crippen LogP contribution is 2.22. The minimum Gasteiger partial charge on any atom is -0.353 e. The molecule has 3 rings (SSSR count). The molecule has 2 aliphatic heterocycles. The van der Waals surface area contributed by atoms with Crippen LogP contribution in [0, 0.1) is 0 Å². The van der Waals surface area contributed by atoms with Crippen molar-refractivity contribution < 1.29 is 4.79 Å². The van der Waals surface area contributed by atoms with Crippen LogP contribution in [0.1, 0.15) is 19.3 Å². The summed E-state index contributed by atoms with van der Waals surface area (Å²) in [4.78, 5) is 26.9. The molecule has 7 heteroatoms. The van der Waals surface area contributed by atoms with Gasteiger partial charge in [0.1, 0.15) is 11.3 Å². The van der Waals surface area contributed by atoms with Crippen molar-refractivity contribution >= 4 is 23.3 Å². The predicted molar refractivity (Wildman–Crippen MR) is 86.1 cm³/mol. The monoisotopic (exact) mass is 323 g/mol. The number of likely N-dealkylation sites (tertiary alicyclic amines) is 1. The first-order valence-electron chi connectivity index (χ1n) is 7.94. The van der Waals surface area contributed by atoms with Crippen molar-refractivity contribution in [3.8, 4) is 0 Å². The molecule has 0 bridgehead atoms. The second-order valence-electron chi connectivity index (χ2n) is 5.90. The minimum atomic E-state index is 0.271. The molecule has 22 heavy (non-hydrogen) atoms. The molecule has 0 atom stereocenters. The van der Waals surface area contributed by atoms with Gasteiger partial charge in [0.15, 0.2) is 5.82 Å². The van der Waals surface area contributed by atoms with E-state index in [0.29, 0.717) is 11.6 Å². The Morgan fingerprint density at radius 2 is 1.82 bits per heavy atom. The van der Waals surface area contributed by atoms with Gasteiger partial charge in [0, 0.05) is 39.3 Å². The van der Waals surface area contributed by atoms with Crippen molar-refractivity contribution in [3.05, 3.63) is 17.5 Å². The van der Waals surface area contributed by atoms with Crippen LogP contribution in [0.5, 0.6) is 0 Å². The quantitative estimate of drug-likeness (QED) is 0.838. The van der Waals surface area contributed by atoms with Crippen LogP contribution in [0.2, 0.25) is 5.02 Å². The number of carbonyl (C=O) groups excluding carboxylic acids is 1. The molecule has 1 aromatic heterocycles. The van der Waals surface area contributed by atoms with Crippen LogP contribution in [-0.4, -0.2) is 71.5 Å². The molecule has 0 spiro atoms. The first-order valence-corrected chi connectivity index (χ1v) is 8.32. The lowest BCUT2D eigenvalue weighted by Gasteiger charge is -2.36. The Kier molecular flexibility index (Phi) is 5.10. The fraction of sp³-hybridized carbons (Fsp3) is 0.667. The summed E-state index contributed by atoms with van der Waals surface area (Å²) in [5, 5.41) is 0.584. The normalized spacial score (nSPS) is 20.2. The van der Waals surface area contributed by atoms with Crippen LogP contribution < -0.4 is 4.90 Å². The van der Waals surface area contributed by atoms with Crippen LogP contribution in [0.15, 0.2) is 12.5 Å². The van der Waals surface area contributed by atoms with Crippen molar-refractivity contribution in [2.45, 2.75) is 19.3 Å². The largest absolute Gasteiger partial charge is 0.353 e. The lowest BCUT2D eigenvalue weighted by atomic mass is 10.1. The maximum atomic E-state index is 12.3. The van der Waals surface area contributed by atoms with E-state index in [4.69, 9.17) is 11.6 Å². The average molecular weight is 324 g/mol. The van der Waals surface area contributed by atoms with Gasteiger partial charge in [-0.3, -0.25) is 9.69 Å². The summed E-state index contributed by atoms with van der Waals surface area (Å²) in [6.07, 6.45) is 6.68. The van der Waals surface area contributed by atoms with Crippen LogP contribution in [-0.2, 0) is 4.79 Å². The van der Waals surface area contributed by atoms with Crippen LogP contribution in [0.25, 0.3) is 0 Å². The molecule has 3 heterocycles. The molecular weight excluding hydrogens is 302 g/mol. The van der Waals surface area contributed by atoms with Crippen molar-refractivity contribution in [1.29, 1.82) is 0 Å². The molecule has 6 nitrogen and oxygen atoms in total. The molecule has 0 aliphatic carbocycles. The molecule has 0 radical (unpaired) electrons. The summed E-state index contributed by atoms with van der Waals surface area (Å²) < 4.78 is 0. The van der Waals surface area contributed by atoms with E-state index >= 15 is 0 Å². The van der Waals surface area contributed by atoms with E-state index in [1.54, 1.807) is 6.20 Å². The minimum absolute atomic E-state index is 0.271. The Bertz CT molecular complexity index is 512.